The summed E-state index contributed by atoms with van der Waals surface area (Å²) in [6, 6.07) is -0.622. The largest absolute Gasteiger partial charge is 0.466 e. The van der Waals surface area contributed by atoms with Gasteiger partial charge < -0.3 is 20.3 Å². The van der Waals surface area contributed by atoms with Gasteiger partial charge in [0.25, 0.3) is 0 Å². The molecule has 0 spiro atoms. The lowest BCUT2D eigenvalue weighted by Gasteiger charge is -2.20. The Bertz CT molecular complexity index is 1300. The molecule has 0 aliphatic heterocycles. The third kappa shape index (κ3) is 65.2. The molecular formula is C74H141NO5. The molecule has 80 heavy (non-hydrogen) atoms. The summed E-state index contributed by atoms with van der Waals surface area (Å²) in [6.45, 7) is 4.89. The highest BCUT2D eigenvalue weighted by atomic mass is 16.5. The van der Waals surface area contributed by atoms with Gasteiger partial charge in [-0.25, -0.2) is 0 Å². The van der Waals surface area contributed by atoms with E-state index in [1.807, 2.05) is 6.08 Å². The van der Waals surface area contributed by atoms with Gasteiger partial charge in [-0.1, -0.05) is 339 Å². The number of esters is 1. The number of hydrogen-bond donors (Lipinski definition) is 3. The topological polar surface area (TPSA) is 95.9 Å². The third-order valence-electron chi connectivity index (χ3n) is 16.9. The standard InChI is InChI=1S/C74H141NO5/c1-3-5-7-9-11-13-14-15-41-45-48-52-56-60-64-68-74(79)80-69-65-61-57-53-49-46-43-40-38-36-34-32-30-28-26-24-22-20-18-16-17-19-21-23-25-27-29-31-33-35-37-39-42-44-47-51-55-59-63-67-73(78)75-71(70-76)72(77)66-62-58-54-50-12-10-8-6-4-2/h15-17,41,62,66,71-72,76-77H,3-14,18-40,42-61,63-65,67-70H2,1-2H3,(H,75,78)/b17-16-,41-15-,66-62+. The van der Waals surface area contributed by atoms with Gasteiger partial charge in [-0.15, -0.1) is 0 Å². The molecule has 0 radical (unpaired) electrons. The number of nitrogens with one attached hydrogen (secondary N) is 1. The minimum absolute atomic E-state index is 0.0146. The Kier molecular flexibility index (Phi) is 67.9. The van der Waals surface area contributed by atoms with Crippen LogP contribution in [0.3, 0.4) is 0 Å². The first-order valence-corrected chi connectivity index (χ1v) is 36.3. The Morgan fingerprint density at radius 1 is 0.338 bits per heavy atom. The molecule has 472 valence electrons. The molecule has 0 bridgehead atoms. The fraction of sp³-hybridized carbons (Fsp3) is 0.892. The van der Waals surface area contributed by atoms with Crippen LogP contribution in [-0.2, 0) is 14.3 Å². The van der Waals surface area contributed by atoms with Crippen LogP contribution in [0, 0.1) is 0 Å². The van der Waals surface area contributed by atoms with Crippen LogP contribution in [0.5, 0.6) is 0 Å². The molecule has 0 fully saturated rings. The predicted octanol–water partition coefficient (Wildman–Crippen LogP) is 23.5. The number of carbonyl (C=O) groups excluding carboxylic acids is 2. The minimum atomic E-state index is -0.839. The molecule has 0 aromatic heterocycles. The molecule has 3 N–H and O–H groups in total. The Morgan fingerprint density at radius 2 is 0.588 bits per heavy atom. The maximum Gasteiger partial charge on any atom is 0.305 e. The number of allylic oxidation sites excluding steroid dienone is 5. The quantitative estimate of drug-likeness (QED) is 0.0320. The summed E-state index contributed by atoms with van der Waals surface area (Å²) in [7, 11) is 0. The van der Waals surface area contributed by atoms with E-state index in [1.54, 1.807) is 6.08 Å². The van der Waals surface area contributed by atoms with Crippen molar-refractivity contribution in [3.8, 4) is 0 Å². The van der Waals surface area contributed by atoms with E-state index >= 15 is 0 Å². The number of amides is 1. The van der Waals surface area contributed by atoms with Gasteiger partial charge in [0, 0.05) is 12.8 Å². The number of hydrogen-bond acceptors (Lipinski definition) is 5. The van der Waals surface area contributed by atoms with Crippen molar-refractivity contribution in [2.45, 2.75) is 411 Å². The Balaban J connectivity index is 3.30. The van der Waals surface area contributed by atoms with E-state index in [9.17, 15) is 19.8 Å². The molecule has 0 heterocycles. The van der Waals surface area contributed by atoms with Crippen molar-refractivity contribution < 1.29 is 24.5 Å². The lowest BCUT2D eigenvalue weighted by atomic mass is 10.0. The molecule has 6 nitrogen and oxygen atoms in total. The summed E-state index contributed by atoms with van der Waals surface area (Å²) in [5, 5.41) is 23.0. The summed E-state index contributed by atoms with van der Waals surface area (Å²) in [5.74, 6) is -0.0504. The normalized spacial score (nSPS) is 12.7. The van der Waals surface area contributed by atoms with E-state index in [2.05, 4.69) is 43.5 Å². The molecule has 0 saturated heterocycles. The first-order chi connectivity index (χ1) is 39.5. The highest BCUT2D eigenvalue weighted by Crippen LogP contribution is 2.18. The SMILES string of the molecule is CCCCCCCC/C=C\CCCCCCCC(=O)OCCCCCCCCCCCCCCCCCCCC/C=C\CCCCCCCCCCCCCCCCCCCC(=O)NC(CO)C(O)/C=C/CCCCCCCCC. The zero-order valence-electron chi connectivity index (χ0n) is 54.1. The molecule has 0 rings (SSSR count). The Labute approximate surface area is 500 Å². The lowest BCUT2D eigenvalue weighted by Crippen LogP contribution is -2.45. The van der Waals surface area contributed by atoms with Gasteiger partial charge in [0.2, 0.25) is 5.91 Å². The number of rotatable bonds is 68. The number of aliphatic hydroxyl groups is 2. The molecule has 2 unspecified atom stereocenters. The monoisotopic (exact) mass is 1120 g/mol. The fourth-order valence-electron chi connectivity index (χ4n) is 11.3. The van der Waals surface area contributed by atoms with Crippen LogP contribution >= 0.6 is 0 Å². The van der Waals surface area contributed by atoms with Crippen LogP contribution in [0.25, 0.3) is 0 Å². The average Bonchev–Trinajstić information content (AvgIpc) is 3.46. The first kappa shape index (κ1) is 78.1. The van der Waals surface area contributed by atoms with E-state index < -0.39 is 12.1 Å². The van der Waals surface area contributed by atoms with Crippen LogP contribution in [-0.4, -0.2) is 47.4 Å². The van der Waals surface area contributed by atoms with Crippen LogP contribution in [0.1, 0.15) is 399 Å². The van der Waals surface area contributed by atoms with Crippen molar-refractivity contribution in [3.05, 3.63) is 36.5 Å². The molecule has 1 amide bonds. The van der Waals surface area contributed by atoms with Crippen molar-refractivity contribution in [1.29, 1.82) is 0 Å². The van der Waals surface area contributed by atoms with Crippen LogP contribution in [0.4, 0.5) is 0 Å². The molecule has 0 aliphatic carbocycles. The second-order valence-electron chi connectivity index (χ2n) is 24.9. The van der Waals surface area contributed by atoms with Gasteiger partial charge in [-0.2, -0.15) is 0 Å². The van der Waals surface area contributed by atoms with Gasteiger partial charge in [-0.3, -0.25) is 9.59 Å². The van der Waals surface area contributed by atoms with Crippen molar-refractivity contribution in [2.75, 3.05) is 13.2 Å². The van der Waals surface area contributed by atoms with E-state index in [-0.39, 0.29) is 18.5 Å². The zero-order valence-corrected chi connectivity index (χ0v) is 54.1. The summed E-state index contributed by atoms with van der Waals surface area (Å²) >= 11 is 0. The molecule has 6 heteroatoms. The van der Waals surface area contributed by atoms with Crippen molar-refractivity contribution in [1.82, 2.24) is 5.32 Å². The molecule has 0 aliphatic rings. The Hall–Kier alpha value is -1.92. The summed E-state index contributed by atoms with van der Waals surface area (Å²) in [6.07, 6.45) is 89.8. The van der Waals surface area contributed by atoms with E-state index in [0.717, 1.165) is 44.9 Å². The molecule has 0 saturated carbocycles. The van der Waals surface area contributed by atoms with Gasteiger partial charge >= 0.3 is 5.97 Å². The van der Waals surface area contributed by atoms with E-state index in [1.165, 1.54) is 327 Å². The zero-order chi connectivity index (χ0) is 57.8. The number of carbonyl (C=O) groups is 2. The molecular weight excluding hydrogens is 983 g/mol. The van der Waals surface area contributed by atoms with Crippen LogP contribution in [0.2, 0.25) is 0 Å². The highest BCUT2D eigenvalue weighted by molar-refractivity contribution is 5.76. The van der Waals surface area contributed by atoms with Gasteiger partial charge in [0.05, 0.1) is 25.4 Å². The van der Waals surface area contributed by atoms with Crippen molar-refractivity contribution in [3.63, 3.8) is 0 Å². The molecule has 0 aromatic rings. The summed E-state index contributed by atoms with van der Waals surface area (Å²) < 4.78 is 5.50. The average molecular weight is 1120 g/mol. The van der Waals surface area contributed by atoms with Crippen LogP contribution < -0.4 is 5.32 Å². The number of aliphatic hydroxyl groups excluding tert-OH is 2. The van der Waals surface area contributed by atoms with Gasteiger partial charge in [0.1, 0.15) is 0 Å². The van der Waals surface area contributed by atoms with E-state index in [0.29, 0.717) is 19.4 Å². The second kappa shape index (κ2) is 69.6. The molecule has 2 atom stereocenters. The third-order valence-corrected chi connectivity index (χ3v) is 16.9. The predicted molar refractivity (Wildman–Crippen MR) is 352 cm³/mol. The van der Waals surface area contributed by atoms with Crippen molar-refractivity contribution in [2.24, 2.45) is 0 Å². The Morgan fingerprint density at radius 3 is 0.887 bits per heavy atom. The fourth-order valence-corrected chi connectivity index (χ4v) is 11.3. The second-order valence-corrected chi connectivity index (χ2v) is 24.9. The minimum Gasteiger partial charge on any atom is -0.466 e. The lowest BCUT2D eigenvalue weighted by molar-refractivity contribution is -0.143. The maximum atomic E-state index is 12.4. The number of unbranched alkanes of at least 4 members (excludes halogenated alkanes) is 53. The smallest absolute Gasteiger partial charge is 0.305 e. The number of ether oxygens (including phenoxy) is 1. The highest BCUT2D eigenvalue weighted by Gasteiger charge is 2.18. The summed E-state index contributed by atoms with van der Waals surface area (Å²) in [4.78, 5) is 24.5. The maximum absolute atomic E-state index is 12.4. The summed E-state index contributed by atoms with van der Waals surface area (Å²) in [5.41, 5.74) is 0. The van der Waals surface area contributed by atoms with E-state index in [4.69, 9.17) is 4.74 Å². The van der Waals surface area contributed by atoms with Crippen molar-refractivity contribution >= 4 is 11.9 Å². The first-order valence-electron chi connectivity index (χ1n) is 36.3. The molecule has 0 aromatic carbocycles. The van der Waals surface area contributed by atoms with Crippen LogP contribution in [0.15, 0.2) is 36.5 Å². The van der Waals surface area contributed by atoms with Gasteiger partial charge in [0.15, 0.2) is 0 Å². The van der Waals surface area contributed by atoms with Gasteiger partial charge in [-0.05, 0) is 83.5 Å².